The minimum Gasteiger partial charge on any atom is -0.481 e. The van der Waals surface area contributed by atoms with Crippen LogP contribution in [0.15, 0.2) is 321 Å². The highest BCUT2D eigenvalue weighted by Crippen LogP contribution is 2.30. The fourth-order valence-electron chi connectivity index (χ4n) is 14.5. The number of carbonyl (C=O) groups excluding carboxylic acids is 2. The molecule has 0 unspecified atom stereocenters. The van der Waals surface area contributed by atoms with Crippen LogP contribution in [0.5, 0.6) is 0 Å². The first kappa shape index (κ1) is 101. The van der Waals surface area contributed by atoms with Gasteiger partial charge in [0.05, 0.1) is 109 Å². The third-order valence-corrected chi connectivity index (χ3v) is 22.7. The number of nitrogen functional groups attached to an aromatic ring is 1. The van der Waals surface area contributed by atoms with Gasteiger partial charge in [0.25, 0.3) is 0 Å². The van der Waals surface area contributed by atoms with E-state index in [0.29, 0.717) is 111 Å². The minimum absolute atomic E-state index is 0.0855. The van der Waals surface area contributed by atoms with Crippen LogP contribution in [0.25, 0.3) is 33.8 Å². The highest BCUT2D eigenvalue weighted by molar-refractivity contribution is 6.32. The molecule has 7 N–H and O–H groups in total. The molecule has 12 aromatic carbocycles. The number of nitrogens with zero attached hydrogens (tertiary/aromatic N) is 15. The van der Waals surface area contributed by atoms with Gasteiger partial charge in [-0.25, -0.2) is 51.9 Å². The van der Waals surface area contributed by atoms with Crippen molar-refractivity contribution in [1.82, 2.24) is 48.2 Å². The molecule has 0 fully saturated rings. The predicted molar refractivity (Wildman–Crippen MR) is 544 cm³/mol. The lowest BCUT2D eigenvalue weighted by Gasteiger charge is -2.19. The lowest BCUT2D eigenvalue weighted by Crippen LogP contribution is -2.30. The molecule has 139 heavy (non-hydrogen) atoms. The standard InChI is InChI=1S/C25H23ClFN5O.C25H21ClFN5.C21H21ClFN3O2.C19H17ClFN3O2.C15H15ClFN3/c1-31(20-12-8-18(27)9-13-20)16-24-29-19(15-32(24)21-10-6-17(26)7-11-21)14-25(33)30-23-5-3-2-4-22(23)28;1-31(20-12-8-18(27)9-13-20)16-25-28-19(15-32(25)21-10-6-17(26)7-11-21)14-24-29-22-4-2-3-5-23(22)30-24;1-3-28-21(27)12-17-13-26(19-8-4-15(22)5-9-19)20(24-17)14-25(2)18-10-6-16(23)7-11-18;1-23(16-8-4-14(21)5-9-16)12-18-22-15(10-19(25)26)11-24(18)17-6-2-13(20)3-7-17;1-20(14-8-4-12(17)5-9-14)10-15(18)19-13-6-2-11(16)3-7-13/h2-13,15H,14,16,28H2,1H3,(H,30,33);2-13,15H,14,16H2,1H3,(H,29,30);4-11,13H,3,12,14H2,1-2H3;2-9,11H,10,12H2,1H3,(H,25,26);2-9H,10H2,1H3,(H2,18,19). The van der Waals surface area contributed by atoms with Gasteiger partial charge in [-0.15, -0.1) is 0 Å². The largest absolute Gasteiger partial charge is 0.481 e. The zero-order valence-corrected chi connectivity index (χ0v) is 80.1. The predicted octanol–water partition coefficient (Wildman–Crippen LogP) is 22.8. The zero-order chi connectivity index (χ0) is 98.8. The Morgan fingerprint density at radius 3 is 1.07 bits per heavy atom. The summed E-state index contributed by atoms with van der Waals surface area (Å²) in [6.07, 6.45) is 8.02. The van der Waals surface area contributed by atoms with Crippen molar-refractivity contribution < 1.29 is 46.2 Å². The Hall–Kier alpha value is -15.3. The van der Waals surface area contributed by atoms with Crippen LogP contribution in [0.2, 0.25) is 25.1 Å². The van der Waals surface area contributed by atoms with Gasteiger partial charge in [-0.05, 0) is 274 Å². The first-order valence-electron chi connectivity index (χ1n) is 43.6. The summed E-state index contributed by atoms with van der Waals surface area (Å²) in [5.74, 6) is 1.50. The fourth-order valence-corrected chi connectivity index (χ4v) is 15.1. The number of amides is 1. The van der Waals surface area contributed by atoms with E-state index in [1.807, 2.05) is 189 Å². The van der Waals surface area contributed by atoms with Gasteiger partial charge in [-0.1, -0.05) is 82.3 Å². The second-order valence-corrected chi connectivity index (χ2v) is 34.1. The van der Waals surface area contributed by atoms with E-state index >= 15 is 0 Å². The van der Waals surface area contributed by atoms with Gasteiger partial charge < -0.3 is 74.4 Å². The number of H-pyrrole nitrogens is 1. The Labute approximate surface area is 825 Å². The Balaban J connectivity index is 0.000000148. The lowest BCUT2D eigenvalue weighted by atomic mass is 10.2. The molecular weight excluding hydrogens is 1880 g/mol. The summed E-state index contributed by atoms with van der Waals surface area (Å²) in [7, 11) is 9.51. The number of nitrogens with one attached hydrogen (secondary N) is 2. The van der Waals surface area contributed by atoms with Crippen LogP contribution >= 0.6 is 58.0 Å². The van der Waals surface area contributed by atoms with Gasteiger partial charge in [-0.2, -0.15) is 0 Å². The number of amidine groups is 1. The summed E-state index contributed by atoms with van der Waals surface area (Å²) in [5.41, 5.74) is 26.1. The van der Waals surface area contributed by atoms with Crippen molar-refractivity contribution in [1.29, 1.82) is 0 Å². The number of carbonyl (C=O) groups is 3. The van der Waals surface area contributed by atoms with Crippen LogP contribution in [-0.2, 0) is 71.0 Å². The molecule has 0 radical (unpaired) electrons. The van der Waals surface area contributed by atoms with Crippen molar-refractivity contribution in [3.63, 3.8) is 0 Å². The highest BCUT2D eigenvalue weighted by atomic mass is 35.5. The van der Waals surface area contributed by atoms with E-state index in [-0.39, 0.29) is 60.2 Å². The second kappa shape index (κ2) is 48.5. The van der Waals surface area contributed by atoms with Crippen molar-refractivity contribution in [2.45, 2.75) is 58.8 Å². The maximum atomic E-state index is 13.3. The third kappa shape index (κ3) is 29.6. The highest BCUT2D eigenvalue weighted by Gasteiger charge is 2.22. The van der Waals surface area contributed by atoms with Crippen LogP contribution in [0.1, 0.15) is 58.8 Å². The molecule has 17 rings (SSSR count). The quantitative estimate of drug-likeness (QED) is 0.00920. The zero-order valence-electron chi connectivity index (χ0n) is 76.3. The van der Waals surface area contributed by atoms with E-state index < -0.39 is 5.97 Å². The van der Waals surface area contributed by atoms with Crippen molar-refractivity contribution in [3.05, 3.63) is 422 Å². The molecule has 0 aliphatic carbocycles. The number of imidazole rings is 5. The number of hydrogen-bond donors (Lipinski definition) is 5. The van der Waals surface area contributed by atoms with Gasteiger partial charge in [0.2, 0.25) is 5.91 Å². The van der Waals surface area contributed by atoms with E-state index in [0.717, 1.165) is 96.9 Å². The molecule has 34 heteroatoms. The lowest BCUT2D eigenvalue weighted by molar-refractivity contribution is -0.142. The number of halogens is 10. The van der Waals surface area contributed by atoms with Gasteiger partial charge in [0.1, 0.15) is 64.0 Å². The Morgan fingerprint density at radius 2 is 0.719 bits per heavy atom. The van der Waals surface area contributed by atoms with Crippen LogP contribution in [0.4, 0.5) is 67.5 Å². The monoisotopic (exact) mass is 1970 g/mol. The molecular formula is C105H97Cl5F5N19O5. The fraction of sp³-hybridized carbons (Fsp3) is 0.152. The molecule has 0 spiro atoms. The summed E-state index contributed by atoms with van der Waals surface area (Å²) in [6, 6.07) is 83.2. The number of aromatic amines is 1. The first-order chi connectivity index (χ1) is 66.8. The minimum atomic E-state index is -0.941. The Morgan fingerprint density at radius 1 is 0.403 bits per heavy atom. The van der Waals surface area contributed by atoms with E-state index in [4.69, 9.17) is 89.3 Å². The molecule has 24 nitrogen and oxygen atoms in total. The Kier molecular flexibility index (Phi) is 35.3. The molecule has 5 heterocycles. The van der Waals surface area contributed by atoms with Gasteiger partial charge in [0.15, 0.2) is 0 Å². The number of hydrogen-bond acceptors (Lipinski definition) is 16. The summed E-state index contributed by atoms with van der Waals surface area (Å²) in [4.78, 5) is 76.4. The number of carboxylic acids is 1. The molecule has 0 saturated carbocycles. The normalized spacial score (nSPS) is 10.9. The molecule has 0 aliphatic heterocycles. The molecule has 712 valence electrons. The molecule has 0 atom stereocenters. The summed E-state index contributed by atoms with van der Waals surface area (Å²) in [5, 5.41) is 15.1. The number of esters is 1. The molecule has 1 amide bonds. The number of ether oxygens (including phenoxy) is 1. The van der Waals surface area contributed by atoms with E-state index in [9.17, 15) is 36.3 Å². The van der Waals surface area contributed by atoms with Crippen LogP contribution in [0.3, 0.4) is 0 Å². The smallest absolute Gasteiger partial charge is 0.311 e. The maximum Gasteiger partial charge on any atom is 0.311 e. The molecule has 17 aromatic rings. The molecule has 0 saturated heterocycles. The molecule has 5 aromatic heterocycles. The van der Waals surface area contributed by atoms with Crippen LogP contribution in [-0.4, -0.2) is 125 Å². The first-order valence-corrected chi connectivity index (χ1v) is 45.5. The number of likely N-dealkylation sites (N-methyl/N-ethyl adjacent to an activating group) is 1. The number of aliphatic imine (C=N–C) groups is 1. The SMILES string of the molecule is CCOC(=O)Cc1cn(-c2ccc(Cl)cc2)c(CN(C)c2ccc(F)cc2)n1.CN(CC(N)=Nc1ccc(Cl)cc1)c1ccc(F)cc1.CN(Cc1nc(CC(=O)Nc2ccccc2N)cn1-c1ccc(Cl)cc1)c1ccc(F)cc1.CN(Cc1nc(CC(=O)O)cn1-c1ccc(Cl)cc1)c1ccc(F)cc1.CN(Cc1nc(Cc2nc3ccccc3[nH]2)cn1-c1ccc(Cl)cc1)c1ccc(F)cc1. The number of para-hydroxylation sites is 4. The average molecular weight is 1980 g/mol. The third-order valence-electron chi connectivity index (χ3n) is 21.4. The van der Waals surface area contributed by atoms with Crippen molar-refractivity contribution in [2.75, 3.05) is 83.9 Å². The number of anilines is 7. The van der Waals surface area contributed by atoms with Crippen LogP contribution < -0.4 is 41.3 Å². The second-order valence-electron chi connectivity index (χ2n) is 32.0. The molecule has 0 aliphatic rings. The van der Waals surface area contributed by atoms with E-state index in [1.54, 1.807) is 147 Å². The van der Waals surface area contributed by atoms with Crippen molar-refractivity contribution >= 4 is 138 Å². The number of aromatic nitrogens is 10. The number of rotatable bonds is 30. The average Bonchev–Trinajstić information content (AvgIpc) is 1.68. The van der Waals surface area contributed by atoms with Gasteiger partial charge in [0, 0.05) is 143 Å². The van der Waals surface area contributed by atoms with E-state index in [1.165, 1.54) is 60.7 Å². The van der Waals surface area contributed by atoms with Gasteiger partial charge >= 0.3 is 11.9 Å². The molecule has 0 bridgehead atoms. The van der Waals surface area contributed by atoms with E-state index in [2.05, 4.69) is 34.8 Å². The number of aliphatic carboxylic acids is 1. The Bertz CT molecular complexity index is 6930. The van der Waals surface area contributed by atoms with Crippen molar-refractivity contribution in [3.8, 4) is 22.7 Å². The summed E-state index contributed by atoms with van der Waals surface area (Å²) >= 11 is 29.9. The summed E-state index contributed by atoms with van der Waals surface area (Å²) < 4.78 is 78.6. The number of carboxylic acid groups (broad SMARTS) is 1. The van der Waals surface area contributed by atoms with Gasteiger partial charge in [-0.3, -0.25) is 14.4 Å². The van der Waals surface area contributed by atoms with Crippen molar-refractivity contribution in [2.24, 2.45) is 10.7 Å². The topological polar surface area (TPSA) is 273 Å². The maximum absolute atomic E-state index is 13.3. The summed E-state index contributed by atoms with van der Waals surface area (Å²) in [6.45, 7) is 4.44. The number of nitrogens with two attached hydrogens (primary N) is 2. The number of fused-ring (bicyclic) bond motifs is 1. The number of benzene rings is 12. The van der Waals surface area contributed by atoms with Crippen LogP contribution in [0, 0.1) is 29.1 Å².